The number of aryl methyl sites for hydroxylation is 1. The molecule has 1 unspecified atom stereocenters. The number of aliphatic imine (C=N–C) groups is 1. The van der Waals surface area contributed by atoms with E-state index >= 15 is 0 Å². The van der Waals surface area contributed by atoms with Crippen LogP contribution in [0.3, 0.4) is 0 Å². The van der Waals surface area contributed by atoms with Crippen LogP contribution in [0.5, 0.6) is 0 Å². The van der Waals surface area contributed by atoms with E-state index in [1.165, 1.54) is 0 Å². The average Bonchev–Trinajstić information content (AvgIpc) is 3.16. The molecule has 36 heavy (non-hydrogen) atoms. The predicted octanol–water partition coefficient (Wildman–Crippen LogP) is 1.15. The van der Waals surface area contributed by atoms with Crippen molar-refractivity contribution in [3.63, 3.8) is 0 Å². The molecular weight excluding hydrogens is 468 g/mol. The molecule has 1 aliphatic carbocycles. The van der Waals surface area contributed by atoms with Crippen LogP contribution in [0.2, 0.25) is 0 Å². The second-order valence-electron chi connectivity index (χ2n) is 9.18. The highest BCUT2D eigenvalue weighted by Crippen LogP contribution is 2.30. The summed E-state index contributed by atoms with van der Waals surface area (Å²) >= 11 is 0. The van der Waals surface area contributed by atoms with Gasteiger partial charge < -0.3 is 26.7 Å². The topological polar surface area (TPSA) is 210 Å². The number of alkyl carbamates (subject to hydrolysis) is 1. The van der Waals surface area contributed by atoms with Gasteiger partial charge in [-0.2, -0.15) is 0 Å². The fourth-order valence-corrected chi connectivity index (χ4v) is 4.36. The zero-order valence-electron chi connectivity index (χ0n) is 20.6. The third kappa shape index (κ3) is 8.04. The number of carbonyl (C=O) groups excluding carboxylic acids is 3. The molecule has 0 aromatic carbocycles. The van der Waals surface area contributed by atoms with Crippen molar-refractivity contribution in [2.75, 3.05) is 24.6 Å². The molecule has 3 rings (SSSR count). The Balaban J connectivity index is 1.24. The summed E-state index contributed by atoms with van der Waals surface area (Å²) < 4.78 is 10.8. The summed E-state index contributed by atoms with van der Waals surface area (Å²) in [5.74, 6) is -0.146. The van der Waals surface area contributed by atoms with Gasteiger partial charge in [0.2, 0.25) is 0 Å². The van der Waals surface area contributed by atoms with Crippen molar-refractivity contribution in [3.8, 4) is 0 Å². The minimum Gasteiger partial charge on any atom is -0.436 e. The third-order valence-electron chi connectivity index (χ3n) is 6.42. The van der Waals surface area contributed by atoms with E-state index in [-0.39, 0.29) is 35.3 Å². The highest BCUT2D eigenvalue weighted by Gasteiger charge is 2.31. The number of nitrogens with zero attached hydrogens (tertiary/aromatic N) is 3. The van der Waals surface area contributed by atoms with Crippen LogP contribution >= 0.6 is 0 Å². The van der Waals surface area contributed by atoms with E-state index in [0.29, 0.717) is 37.6 Å². The van der Waals surface area contributed by atoms with Gasteiger partial charge in [-0.1, -0.05) is 12.8 Å². The number of rotatable bonds is 11. The maximum Gasteiger partial charge on any atom is 0.414 e. The Morgan fingerprint density at radius 3 is 2.56 bits per heavy atom. The maximum absolute atomic E-state index is 12.3. The minimum absolute atomic E-state index is 0.0139. The first-order valence-corrected chi connectivity index (χ1v) is 12.4. The van der Waals surface area contributed by atoms with Crippen molar-refractivity contribution in [1.82, 2.24) is 20.6 Å². The SMILES string of the molecule is Cc1nc(C(=O)NC(N)=NCCCCC2CCC(OCCCC3OC(=O)NC3=O)CC2)c(N)nc1N. The molecule has 1 saturated heterocycles. The van der Waals surface area contributed by atoms with E-state index in [2.05, 4.69) is 25.6 Å². The van der Waals surface area contributed by atoms with Crippen molar-refractivity contribution >= 4 is 35.5 Å². The van der Waals surface area contributed by atoms with Gasteiger partial charge in [-0.3, -0.25) is 25.2 Å². The summed E-state index contributed by atoms with van der Waals surface area (Å²) in [6, 6.07) is 0. The quantitative estimate of drug-likeness (QED) is 0.165. The van der Waals surface area contributed by atoms with E-state index in [0.717, 1.165) is 44.9 Å². The number of amides is 3. The molecule has 0 radical (unpaired) electrons. The number of ether oxygens (including phenoxy) is 2. The van der Waals surface area contributed by atoms with Gasteiger partial charge in [0, 0.05) is 13.2 Å². The van der Waals surface area contributed by atoms with Crippen molar-refractivity contribution < 1.29 is 23.9 Å². The molecule has 1 aromatic heterocycles. The summed E-state index contributed by atoms with van der Waals surface area (Å²) in [7, 11) is 0. The molecule has 3 amide bonds. The van der Waals surface area contributed by atoms with E-state index < -0.39 is 18.1 Å². The summed E-state index contributed by atoms with van der Waals surface area (Å²) in [5.41, 5.74) is 17.5. The molecule has 2 aliphatic rings. The summed E-state index contributed by atoms with van der Waals surface area (Å²) in [4.78, 5) is 46.9. The third-order valence-corrected chi connectivity index (χ3v) is 6.42. The molecule has 1 atom stereocenters. The molecule has 0 bridgehead atoms. The molecule has 1 aromatic rings. The predicted molar refractivity (Wildman–Crippen MR) is 133 cm³/mol. The van der Waals surface area contributed by atoms with Crippen molar-refractivity contribution in [2.45, 2.75) is 76.9 Å². The van der Waals surface area contributed by atoms with Gasteiger partial charge in [-0.25, -0.2) is 14.8 Å². The van der Waals surface area contributed by atoms with Gasteiger partial charge in [0.05, 0.1) is 11.8 Å². The molecular formula is C23H36N8O5. The normalized spacial score (nSPS) is 22.2. The lowest BCUT2D eigenvalue weighted by atomic mass is 9.84. The Morgan fingerprint density at radius 1 is 1.11 bits per heavy atom. The maximum atomic E-state index is 12.3. The number of hydrogen-bond donors (Lipinski definition) is 5. The lowest BCUT2D eigenvalue weighted by Gasteiger charge is -2.28. The van der Waals surface area contributed by atoms with Crippen molar-refractivity contribution in [1.29, 1.82) is 0 Å². The van der Waals surface area contributed by atoms with Crippen LogP contribution in [0.4, 0.5) is 16.4 Å². The average molecular weight is 505 g/mol. The van der Waals surface area contributed by atoms with Crippen LogP contribution in [0.1, 0.15) is 74.0 Å². The molecule has 198 valence electrons. The van der Waals surface area contributed by atoms with E-state index in [1.807, 2.05) is 0 Å². The number of carbonyl (C=O) groups is 3. The molecule has 1 aliphatic heterocycles. The highest BCUT2D eigenvalue weighted by molar-refractivity contribution is 6.06. The second-order valence-corrected chi connectivity index (χ2v) is 9.18. The molecule has 1 saturated carbocycles. The molecule has 0 spiro atoms. The zero-order chi connectivity index (χ0) is 26.1. The number of nitrogen functional groups attached to an aromatic ring is 2. The van der Waals surface area contributed by atoms with Crippen LogP contribution in [0.15, 0.2) is 4.99 Å². The Morgan fingerprint density at radius 2 is 1.86 bits per heavy atom. The van der Waals surface area contributed by atoms with Crippen LogP contribution < -0.4 is 27.8 Å². The van der Waals surface area contributed by atoms with Gasteiger partial charge in [0.25, 0.3) is 11.8 Å². The van der Waals surface area contributed by atoms with Crippen LogP contribution in [-0.2, 0) is 14.3 Å². The second kappa shape index (κ2) is 13.0. The van der Waals surface area contributed by atoms with E-state index in [9.17, 15) is 14.4 Å². The van der Waals surface area contributed by atoms with E-state index in [1.54, 1.807) is 6.92 Å². The summed E-state index contributed by atoms with van der Waals surface area (Å²) in [6.07, 6.45) is 7.36. The number of unbranched alkanes of at least 4 members (excludes halogenated alkanes) is 1. The molecule has 13 heteroatoms. The van der Waals surface area contributed by atoms with Gasteiger partial charge in [-0.15, -0.1) is 0 Å². The fraction of sp³-hybridized carbons (Fsp3) is 0.652. The van der Waals surface area contributed by atoms with Gasteiger partial charge in [0.1, 0.15) is 5.82 Å². The first-order chi connectivity index (χ1) is 17.2. The van der Waals surface area contributed by atoms with Gasteiger partial charge >= 0.3 is 6.09 Å². The van der Waals surface area contributed by atoms with Crippen LogP contribution in [0, 0.1) is 12.8 Å². The first kappa shape index (κ1) is 27.1. The summed E-state index contributed by atoms with van der Waals surface area (Å²) in [5, 5.41) is 4.61. The number of nitrogens with one attached hydrogen (secondary N) is 2. The van der Waals surface area contributed by atoms with E-state index in [4.69, 9.17) is 26.7 Å². The standard InChI is InChI=1S/C23H36N8O5/c1-13-18(24)29-19(25)17(28-13)21(33)30-22(26)27-11-3-2-5-14-7-9-15(10-8-14)35-12-4-6-16-20(32)31-23(34)36-16/h14-16H,2-12H2,1H3,(H4,24,25,29)(H,31,32,34)(H3,26,27,30,33). The fourth-order valence-electron chi connectivity index (χ4n) is 4.36. The Bertz CT molecular complexity index is 977. The Labute approximate surface area is 210 Å². The van der Waals surface area contributed by atoms with Gasteiger partial charge in [-0.05, 0) is 57.8 Å². The first-order valence-electron chi connectivity index (χ1n) is 12.4. The van der Waals surface area contributed by atoms with Crippen LogP contribution in [0.25, 0.3) is 0 Å². The molecule has 8 N–H and O–H groups in total. The number of nitrogens with two attached hydrogens (primary N) is 3. The number of imide groups is 1. The zero-order valence-corrected chi connectivity index (χ0v) is 20.6. The largest absolute Gasteiger partial charge is 0.436 e. The number of hydrogen-bond acceptors (Lipinski definition) is 10. The number of guanidine groups is 1. The lowest BCUT2D eigenvalue weighted by molar-refractivity contribution is -0.123. The molecule has 13 nitrogen and oxygen atoms in total. The Hall–Kier alpha value is -3.48. The minimum atomic E-state index is -0.686. The number of anilines is 2. The smallest absolute Gasteiger partial charge is 0.414 e. The molecule has 2 heterocycles. The Kier molecular flexibility index (Phi) is 9.79. The monoisotopic (exact) mass is 504 g/mol. The summed E-state index contributed by atoms with van der Waals surface area (Å²) in [6.45, 7) is 2.71. The number of cyclic esters (lactones) is 1. The van der Waals surface area contributed by atoms with Crippen LogP contribution in [-0.4, -0.2) is 59.2 Å². The number of aromatic nitrogens is 2. The highest BCUT2D eigenvalue weighted by atomic mass is 16.6. The molecule has 2 fully saturated rings. The van der Waals surface area contributed by atoms with Crippen molar-refractivity contribution in [3.05, 3.63) is 11.4 Å². The van der Waals surface area contributed by atoms with Crippen molar-refractivity contribution in [2.24, 2.45) is 16.6 Å². The van der Waals surface area contributed by atoms with Gasteiger partial charge in [0.15, 0.2) is 23.6 Å². The lowest BCUT2D eigenvalue weighted by Crippen LogP contribution is -2.38.